The van der Waals surface area contributed by atoms with Gasteiger partial charge in [0.1, 0.15) is 17.4 Å². The first kappa shape index (κ1) is 17.4. The predicted octanol–water partition coefficient (Wildman–Crippen LogP) is 3.63. The first-order valence-electron chi connectivity index (χ1n) is 8.08. The van der Waals surface area contributed by atoms with Gasteiger partial charge in [0.05, 0.1) is 12.2 Å². The number of pyridine rings is 1. The number of hydrogen-bond acceptors (Lipinski definition) is 4. The van der Waals surface area contributed by atoms with Crippen LogP contribution in [0.5, 0.6) is 5.75 Å². The Bertz CT molecular complexity index is 956. The van der Waals surface area contributed by atoms with E-state index in [1.807, 2.05) is 13.0 Å². The number of amides is 1. The zero-order valence-electron chi connectivity index (χ0n) is 14.2. The third-order valence-electron chi connectivity index (χ3n) is 3.95. The normalized spacial score (nSPS) is 10.5. The van der Waals surface area contributed by atoms with Crippen LogP contribution in [0.15, 0.2) is 54.7 Å². The first-order chi connectivity index (χ1) is 12.5. The third-order valence-corrected chi connectivity index (χ3v) is 3.95. The molecule has 0 radical (unpaired) electrons. The molecular weight excluding hydrogens is 333 g/mol. The molecule has 0 saturated heterocycles. The van der Waals surface area contributed by atoms with Crippen LogP contribution in [0.2, 0.25) is 0 Å². The zero-order chi connectivity index (χ0) is 18.7. The third kappa shape index (κ3) is 3.49. The fraction of sp³-hybridized carbons (Fsp3) is 0.100. The van der Waals surface area contributed by atoms with Crippen molar-refractivity contribution >= 4 is 11.7 Å². The minimum atomic E-state index is -0.564. The summed E-state index contributed by atoms with van der Waals surface area (Å²) in [6.45, 7) is 2.22. The van der Waals surface area contributed by atoms with Crippen LogP contribution < -0.4 is 16.2 Å². The van der Waals surface area contributed by atoms with Gasteiger partial charge >= 0.3 is 0 Å². The Hall–Kier alpha value is -3.41. The molecule has 0 aliphatic heterocycles. The number of halogens is 1. The highest BCUT2D eigenvalue weighted by atomic mass is 19.1. The van der Waals surface area contributed by atoms with Gasteiger partial charge in [-0.05, 0) is 48.4 Å². The SMILES string of the molecule is CCOc1cc(-c2cc(-c3ccc(F)cc3)cnc2N)ccc1C(N)=O. The van der Waals surface area contributed by atoms with Crippen LogP contribution >= 0.6 is 0 Å². The minimum absolute atomic E-state index is 0.303. The van der Waals surface area contributed by atoms with Crippen molar-refractivity contribution in [2.45, 2.75) is 6.92 Å². The number of anilines is 1. The van der Waals surface area contributed by atoms with Crippen molar-refractivity contribution in [2.75, 3.05) is 12.3 Å². The van der Waals surface area contributed by atoms with Crippen LogP contribution in [0.25, 0.3) is 22.3 Å². The smallest absolute Gasteiger partial charge is 0.252 e. The van der Waals surface area contributed by atoms with Crippen molar-refractivity contribution in [3.8, 4) is 28.0 Å². The van der Waals surface area contributed by atoms with Gasteiger partial charge in [-0.1, -0.05) is 18.2 Å². The molecule has 1 amide bonds. The highest BCUT2D eigenvalue weighted by molar-refractivity contribution is 5.96. The second-order valence-electron chi connectivity index (χ2n) is 5.67. The van der Waals surface area contributed by atoms with Gasteiger partial charge in [0, 0.05) is 17.3 Å². The van der Waals surface area contributed by atoms with E-state index in [1.165, 1.54) is 12.1 Å². The van der Waals surface area contributed by atoms with E-state index in [0.29, 0.717) is 29.3 Å². The molecule has 5 nitrogen and oxygen atoms in total. The molecular formula is C20H18FN3O2. The molecule has 1 aromatic heterocycles. The molecule has 0 spiro atoms. The van der Waals surface area contributed by atoms with Crippen LogP contribution in [0.3, 0.4) is 0 Å². The maximum absolute atomic E-state index is 13.1. The largest absolute Gasteiger partial charge is 0.493 e. The molecule has 0 fully saturated rings. The van der Waals surface area contributed by atoms with E-state index in [-0.39, 0.29) is 5.82 Å². The van der Waals surface area contributed by atoms with Crippen molar-refractivity contribution in [3.63, 3.8) is 0 Å². The molecule has 1 heterocycles. The molecule has 0 bridgehead atoms. The fourth-order valence-electron chi connectivity index (χ4n) is 2.68. The summed E-state index contributed by atoms with van der Waals surface area (Å²) < 4.78 is 18.7. The summed E-state index contributed by atoms with van der Waals surface area (Å²) in [5.74, 6) is -0.138. The molecule has 3 aromatic rings. The highest BCUT2D eigenvalue weighted by Crippen LogP contribution is 2.33. The lowest BCUT2D eigenvalue weighted by Gasteiger charge is -2.12. The second kappa shape index (κ2) is 7.23. The van der Waals surface area contributed by atoms with Gasteiger partial charge in [-0.25, -0.2) is 9.37 Å². The molecule has 26 heavy (non-hydrogen) atoms. The van der Waals surface area contributed by atoms with Crippen LogP contribution in [0, 0.1) is 5.82 Å². The summed E-state index contributed by atoms with van der Waals surface area (Å²) >= 11 is 0. The average molecular weight is 351 g/mol. The molecule has 2 aromatic carbocycles. The molecule has 0 aliphatic rings. The summed E-state index contributed by atoms with van der Waals surface area (Å²) in [5.41, 5.74) is 14.8. The van der Waals surface area contributed by atoms with Gasteiger partial charge in [-0.15, -0.1) is 0 Å². The van der Waals surface area contributed by atoms with Gasteiger partial charge in [0.25, 0.3) is 5.91 Å². The number of carbonyl (C=O) groups is 1. The molecule has 0 aliphatic carbocycles. The van der Waals surface area contributed by atoms with Gasteiger partial charge < -0.3 is 16.2 Å². The van der Waals surface area contributed by atoms with E-state index in [2.05, 4.69) is 4.98 Å². The molecule has 132 valence electrons. The summed E-state index contributed by atoms with van der Waals surface area (Å²) in [5, 5.41) is 0. The van der Waals surface area contributed by atoms with E-state index in [4.69, 9.17) is 16.2 Å². The lowest BCUT2D eigenvalue weighted by molar-refractivity contribution is 0.0996. The van der Waals surface area contributed by atoms with E-state index in [1.54, 1.807) is 36.5 Å². The molecule has 4 N–H and O–H groups in total. The standard InChI is InChI=1S/C20H18FN3O2/c1-2-26-18-10-13(5-8-16(18)20(23)25)17-9-14(11-24-19(17)22)12-3-6-15(21)7-4-12/h3-11H,2H2,1H3,(H2,22,24)(H2,23,25). The first-order valence-corrected chi connectivity index (χ1v) is 8.08. The van der Waals surface area contributed by atoms with Crippen molar-refractivity contribution < 1.29 is 13.9 Å². The topological polar surface area (TPSA) is 91.2 Å². The number of hydrogen-bond donors (Lipinski definition) is 2. The van der Waals surface area contributed by atoms with Crippen molar-refractivity contribution in [2.24, 2.45) is 5.73 Å². The average Bonchev–Trinajstić information content (AvgIpc) is 2.63. The molecule has 0 saturated carbocycles. The van der Waals surface area contributed by atoms with Gasteiger partial charge in [-0.3, -0.25) is 4.79 Å². The van der Waals surface area contributed by atoms with Gasteiger partial charge in [0.2, 0.25) is 0 Å². The van der Waals surface area contributed by atoms with Crippen LogP contribution in [0.4, 0.5) is 10.2 Å². The Morgan fingerprint density at radius 3 is 2.42 bits per heavy atom. The Morgan fingerprint density at radius 1 is 1.08 bits per heavy atom. The van der Waals surface area contributed by atoms with Crippen molar-refractivity contribution in [1.82, 2.24) is 4.98 Å². The van der Waals surface area contributed by atoms with Crippen LogP contribution in [0.1, 0.15) is 17.3 Å². The number of benzene rings is 2. The van der Waals surface area contributed by atoms with Gasteiger partial charge in [-0.2, -0.15) is 0 Å². The van der Waals surface area contributed by atoms with E-state index >= 15 is 0 Å². The Balaban J connectivity index is 2.08. The minimum Gasteiger partial charge on any atom is -0.493 e. The lowest BCUT2D eigenvalue weighted by atomic mass is 9.99. The number of nitrogen functional groups attached to an aromatic ring is 1. The summed E-state index contributed by atoms with van der Waals surface area (Å²) in [6, 6.07) is 13.1. The van der Waals surface area contributed by atoms with Crippen LogP contribution in [-0.2, 0) is 0 Å². The molecule has 0 atom stereocenters. The number of aromatic nitrogens is 1. The number of nitrogens with zero attached hydrogens (tertiary/aromatic N) is 1. The molecule has 3 rings (SSSR count). The second-order valence-corrected chi connectivity index (χ2v) is 5.67. The number of primary amides is 1. The van der Waals surface area contributed by atoms with Crippen LogP contribution in [-0.4, -0.2) is 17.5 Å². The van der Waals surface area contributed by atoms with Gasteiger partial charge in [0.15, 0.2) is 0 Å². The zero-order valence-corrected chi connectivity index (χ0v) is 14.2. The Morgan fingerprint density at radius 2 is 1.77 bits per heavy atom. The van der Waals surface area contributed by atoms with E-state index in [9.17, 15) is 9.18 Å². The summed E-state index contributed by atoms with van der Waals surface area (Å²) in [7, 11) is 0. The maximum atomic E-state index is 13.1. The van der Waals surface area contributed by atoms with Crippen molar-refractivity contribution in [3.05, 3.63) is 66.1 Å². The number of ether oxygens (including phenoxy) is 1. The lowest BCUT2D eigenvalue weighted by Crippen LogP contribution is -2.13. The predicted molar refractivity (Wildman–Crippen MR) is 99.2 cm³/mol. The molecule has 6 heteroatoms. The summed E-state index contributed by atoms with van der Waals surface area (Å²) in [6.07, 6.45) is 1.63. The Kier molecular flexibility index (Phi) is 4.84. The monoisotopic (exact) mass is 351 g/mol. The fourth-order valence-corrected chi connectivity index (χ4v) is 2.68. The van der Waals surface area contributed by atoms with E-state index < -0.39 is 5.91 Å². The number of nitrogens with two attached hydrogens (primary N) is 2. The maximum Gasteiger partial charge on any atom is 0.252 e. The van der Waals surface area contributed by atoms with Crippen molar-refractivity contribution in [1.29, 1.82) is 0 Å². The number of carbonyl (C=O) groups excluding carboxylic acids is 1. The Labute approximate surface area is 150 Å². The summed E-state index contributed by atoms with van der Waals surface area (Å²) in [4.78, 5) is 15.8. The quantitative estimate of drug-likeness (QED) is 0.734. The molecule has 0 unspecified atom stereocenters. The van der Waals surface area contributed by atoms with E-state index in [0.717, 1.165) is 16.7 Å². The highest BCUT2D eigenvalue weighted by Gasteiger charge is 2.13. The number of rotatable bonds is 5.